The van der Waals surface area contributed by atoms with E-state index in [0.717, 1.165) is 4.90 Å². The van der Waals surface area contributed by atoms with Crippen LogP contribution in [0, 0.1) is 29.6 Å². The van der Waals surface area contributed by atoms with Crippen LogP contribution in [0.15, 0.2) is 47.6 Å². The van der Waals surface area contributed by atoms with Gasteiger partial charge in [0, 0.05) is 43.9 Å². The molecule has 17 heteroatoms. The van der Waals surface area contributed by atoms with Gasteiger partial charge in [-0.15, -0.1) is 0 Å². The molecule has 1 aliphatic carbocycles. The van der Waals surface area contributed by atoms with Crippen LogP contribution < -0.4 is 11.1 Å². The lowest BCUT2D eigenvalue weighted by atomic mass is 9.80. The zero-order valence-corrected chi connectivity index (χ0v) is 40.6. The average Bonchev–Trinajstić information content (AvgIpc) is 3.30. The number of aliphatic hydroxyl groups excluding tert-OH is 3. The van der Waals surface area contributed by atoms with Gasteiger partial charge >= 0.3 is 12.1 Å². The first-order chi connectivity index (χ1) is 31.6. The minimum atomic E-state index is -2.55. The Bertz CT molecular complexity index is 1860. The average molecular weight is 944 g/mol. The van der Waals surface area contributed by atoms with E-state index in [1.807, 2.05) is 13.0 Å². The molecule has 1 unspecified atom stereocenters. The summed E-state index contributed by atoms with van der Waals surface area (Å²) in [6.07, 6.45) is 7.12. The maximum absolute atomic E-state index is 14.3. The van der Waals surface area contributed by atoms with E-state index >= 15 is 0 Å². The van der Waals surface area contributed by atoms with Crippen LogP contribution in [0.2, 0.25) is 0 Å². The molecule has 0 spiro atoms. The minimum absolute atomic E-state index is 0.00395. The van der Waals surface area contributed by atoms with Crippen molar-refractivity contribution in [3.8, 4) is 0 Å². The molecule has 0 radical (unpaired) electrons. The number of nitrogens with one attached hydrogen (secondary N) is 1. The van der Waals surface area contributed by atoms with E-state index in [2.05, 4.69) is 5.32 Å². The molecule has 3 aliphatic heterocycles. The summed E-state index contributed by atoms with van der Waals surface area (Å²) < 4.78 is 22.6. The first-order valence-corrected chi connectivity index (χ1v) is 24.0. The highest BCUT2D eigenvalue weighted by Crippen LogP contribution is 2.37. The number of cyclic esters (lactones) is 1. The van der Waals surface area contributed by atoms with Crippen LogP contribution in [-0.4, -0.2) is 142 Å². The van der Waals surface area contributed by atoms with Gasteiger partial charge in [-0.2, -0.15) is 0 Å². The Morgan fingerprint density at radius 1 is 0.910 bits per heavy atom. The zero-order valence-electron chi connectivity index (χ0n) is 40.6. The number of nitrogens with two attached hydrogens (primary N) is 1. The highest BCUT2D eigenvalue weighted by atomic mass is 16.6. The van der Waals surface area contributed by atoms with Crippen molar-refractivity contribution in [2.75, 3.05) is 20.8 Å². The summed E-state index contributed by atoms with van der Waals surface area (Å²) in [6.45, 7) is 10.1. The van der Waals surface area contributed by atoms with Crippen LogP contribution in [0.3, 0.4) is 0 Å². The fraction of sp³-hybridized carbons (Fsp3) is 0.720. The van der Waals surface area contributed by atoms with Crippen LogP contribution in [0.1, 0.15) is 119 Å². The number of carbonyl (C=O) groups is 6. The molecule has 1 saturated carbocycles. The largest absolute Gasteiger partial charge is 0.459 e. The van der Waals surface area contributed by atoms with Crippen LogP contribution in [0.25, 0.3) is 0 Å². The van der Waals surface area contributed by atoms with Gasteiger partial charge in [0.15, 0.2) is 5.78 Å². The van der Waals surface area contributed by atoms with E-state index in [-0.39, 0.29) is 43.2 Å². The second-order valence-electron chi connectivity index (χ2n) is 19.5. The smallest absolute Gasteiger partial charge is 0.407 e. The number of ketones is 3. The van der Waals surface area contributed by atoms with Crippen LogP contribution in [0.5, 0.6) is 0 Å². The van der Waals surface area contributed by atoms with Crippen molar-refractivity contribution in [3.05, 3.63) is 47.6 Å². The summed E-state index contributed by atoms with van der Waals surface area (Å²) in [6, 6.07) is -2.81. The van der Waals surface area contributed by atoms with Crippen molar-refractivity contribution < 1.29 is 68.1 Å². The Balaban J connectivity index is 1.71. The lowest BCUT2D eigenvalue weighted by Gasteiger charge is -2.43. The number of carbonyl (C=O) groups excluding carboxylic acids is 6. The van der Waals surface area contributed by atoms with Gasteiger partial charge < -0.3 is 55.3 Å². The fourth-order valence-corrected chi connectivity index (χ4v) is 9.80. The highest BCUT2D eigenvalue weighted by Gasteiger charge is 2.53. The molecule has 0 aromatic rings. The third-order valence-electron chi connectivity index (χ3n) is 14.2. The number of amides is 2. The molecule has 4 aliphatic rings. The van der Waals surface area contributed by atoms with Gasteiger partial charge in [0.05, 0.1) is 31.5 Å². The Labute approximate surface area is 395 Å². The summed E-state index contributed by atoms with van der Waals surface area (Å²) in [7, 11) is 2.74. The molecule has 2 amide bonds. The molecule has 2 saturated heterocycles. The standard InChI is InChI=1S/C50H77N3O14/c1-28-14-10-9-11-15-29(2)37(52-49(62)65-8)26-35-19-17-33(6)50(63,67-35)46(59)47(60)53-21-13-12-16-38(53)48(61)66-41(36(51)24-34-18-20-39(54)42(25-34)64-7)27-40(55)30(3)23-32(5)44(57)45(58)43(56)31(4)22-28/h9-11,14-15,23,28,30-31,33-39,41-42,44-45,54,57-58,63H,12-13,16-22,24-27,51H2,1-8H3,(H,52,62)/b11-9+,14-10+,29-15+,32-23+/t28-,30-,31-,33-,34+,35+,36-,37?,38+,39-,41+,42-,44-,45+,50-/m1/s1. The number of allylic oxidation sites excluding steroid dienone is 6. The number of methoxy groups -OCH3 is 2. The minimum Gasteiger partial charge on any atom is -0.459 e. The monoisotopic (exact) mass is 944 g/mol. The number of alkyl carbamates (subject to hydrolysis) is 1. The van der Waals surface area contributed by atoms with E-state index in [1.54, 1.807) is 52.0 Å². The lowest BCUT2D eigenvalue weighted by molar-refractivity contribution is -0.264. The van der Waals surface area contributed by atoms with E-state index < -0.39 is 114 Å². The quantitative estimate of drug-likeness (QED) is 0.130. The number of aliphatic hydroxyl groups is 4. The van der Waals surface area contributed by atoms with E-state index in [1.165, 1.54) is 27.2 Å². The van der Waals surface area contributed by atoms with Gasteiger partial charge in [-0.3, -0.25) is 19.2 Å². The number of esters is 1. The predicted octanol–water partition coefficient (Wildman–Crippen LogP) is 3.93. The van der Waals surface area contributed by atoms with Crippen molar-refractivity contribution in [3.63, 3.8) is 0 Å². The van der Waals surface area contributed by atoms with Crippen molar-refractivity contribution in [1.82, 2.24) is 10.2 Å². The second-order valence-corrected chi connectivity index (χ2v) is 19.5. The van der Waals surface area contributed by atoms with Gasteiger partial charge in [-0.25, -0.2) is 9.59 Å². The fourth-order valence-electron chi connectivity index (χ4n) is 9.80. The Morgan fingerprint density at radius 3 is 2.31 bits per heavy atom. The van der Waals surface area contributed by atoms with Crippen molar-refractivity contribution in [2.45, 2.75) is 179 Å². The maximum Gasteiger partial charge on any atom is 0.407 e. The molecular weight excluding hydrogens is 867 g/mol. The van der Waals surface area contributed by atoms with E-state index in [9.17, 15) is 49.2 Å². The van der Waals surface area contributed by atoms with E-state index in [4.69, 9.17) is 24.7 Å². The van der Waals surface area contributed by atoms with Crippen molar-refractivity contribution in [1.29, 1.82) is 0 Å². The van der Waals surface area contributed by atoms with Crippen LogP contribution in [0.4, 0.5) is 4.79 Å². The third-order valence-corrected chi connectivity index (χ3v) is 14.2. The number of rotatable bonds is 5. The molecule has 2 bridgehead atoms. The summed E-state index contributed by atoms with van der Waals surface area (Å²) in [4.78, 5) is 83.7. The third kappa shape index (κ3) is 14.9. The predicted molar refractivity (Wildman–Crippen MR) is 248 cm³/mol. The van der Waals surface area contributed by atoms with Gasteiger partial charge in [0.1, 0.15) is 30.1 Å². The van der Waals surface area contributed by atoms with Gasteiger partial charge in [0.2, 0.25) is 5.79 Å². The van der Waals surface area contributed by atoms with Crippen LogP contribution >= 0.6 is 0 Å². The second kappa shape index (κ2) is 25.5. The number of ether oxygens (including phenoxy) is 4. The zero-order chi connectivity index (χ0) is 49.7. The molecule has 7 N–H and O–H groups in total. The number of hydrogen-bond acceptors (Lipinski definition) is 15. The number of fused-ring (bicyclic) bond motifs is 3. The summed E-state index contributed by atoms with van der Waals surface area (Å²) in [5.41, 5.74) is 7.69. The van der Waals surface area contributed by atoms with Crippen molar-refractivity contribution >= 4 is 35.3 Å². The van der Waals surface area contributed by atoms with Crippen molar-refractivity contribution in [2.24, 2.45) is 35.3 Å². The number of Topliss-reactive ketones (excluding diaryl/α,β-unsaturated/α-hetero) is 3. The van der Waals surface area contributed by atoms with Crippen LogP contribution in [-0.2, 0) is 42.9 Å². The molecule has 3 heterocycles. The summed E-state index contributed by atoms with van der Waals surface area (Å²) in [5.74, 6) is -9.22. The molecule has 17 nitrogen and oxygen atoms in total. The molecule has 67 heavy (non-hydrogen) atoms. The number of hydrogen-bond donors (Lipinski definition) is 6. The Hall–Kier alpha value is -4.10. The number of nitrogens with zero attached hydrogens (tertiary/aromatic N) is 1. The maximum atomic E-state index is 14.3. The van der Waals surface area contributed by atoms with Gasteiger partial charge in [0.25, 0.3) is 11.7 Å². The van der Waals surface area contributed by atoms with E-state index in [0.29, 0.717) is 63.4 Å². The molecule has 0 aromatic carbocycles. The van der Waals surface area contributed by atoms with Gasteiger partial charge in [-0.05, 0) is 102 Å². The Kier molecular flexibility index (Phi) is 21.1. The van der Waals surface area contributed by atoms with Gasteiger partial charge in [-0.1, -0.05) is 69.7 Å². The molecular formula is C50H77N3O14. The highest BCUT2D eigenvalue weighted by molar-refractivity contribution is 6.39. The molecule has 4 rings (SSSR count). The summed E-state index contributed by atoms with van der Waals surface area (Å²) in [5, 5.41) is 47.3. The SMILES string of the molecule is COC(=O)NC1C[C@@H]2CC[C@@H](C)[C@@](O)(O2)C(=O)C(=O)N2CCCC[C@H]2C(=O)O[C@H]([C@H](N)C[C@@H]2CC[C@@H](O)[C@H](OC)C2)CC(=O)[C@H](C)/C=C(\C)[C@@H](O)[C@@H](O)C(=O)[C@H](C)C[C@H](C)/C=C/C=C/C=C/1C. The summed E-state index contributed by atoms with van der Waals surface area (Å²) >= 11 is 0. The number of piperidine rings is 1. The topological polar surface area (TPSA) is 262 Å². The first-order valence-electron chi connectivity index (χ1n) is 24.0. The molecule has 3 fully saturated rings. The molecule has 376 valence electrons. The molecule has 0 aromatic heterocycles. The normalized spacial score (nSPS) is 39.4. The Morgan fingerprint density at radius 2 is 1.63 bits per heavy atom. The first kappa shape index (κ1) is 55.5. The lowest BCUT2D eigenvalue weighted by Crippen LogP contribution is -2.61. The molecule has 15 atom stereocenters.